The molecule has 0 unspecified atom stereocenters. The lowest BCUT2D eigenvalue weighted by Crippen LogP contribution is -2.42. The molecule has 1 fully saturated rings. The quantitative estimate of drug-likeness (QED) is 0.199. The lowest BCUT2D eigenvalue weighted by Gasteiger charge is -2.33. The van der Waals surface area contributed by atoms with E-state index >= 15 is 0 Å². The second-order valence-electron chi connectivity index (χ2n) is 8.53. The number of carboxylic acids is 1. The molecule has 0 aromatic heterocycles. The highest BCUT2D eigenvalue weighted by molar-refractivity contribution is 5.75. The highest BCUT2D eigenvalue weighted by atomic mass is 16.4. The van der Waals surface area contributed by atoms with Crippen LogP contribution >= 0.6 is 0 Å². The Morgan fingerprint density at radius 2 is 1.41 bits per heavy atom. The van der Waals surface area contributed by atoms with Crippen molar-refractivity contribution < 1.29 is 9.90 Å². The molecule has 0 radical (unpaired) electrons. The molecule has 0 aromatic rings. The van der Waals surface area contributed by atoms with Crippen LogP contribution in [0.2, 0.25) is 0 Å². The zero-order valence-corrected chi connectivity index (χ0v) is 18.8. The Balaban J connectivity index is 1.89. The number of allylic oxidation sites excluding steroid dienone is 6. The molecule has 0 heterocycles. The molecular weight excluding hydrogens is 358 g/mol. The first-order valence-electron chi connectivity index (χ1n) is 12.1. The molecular formula is C26H45NO2. The van der Waals surface area contributed by atoms with E-state index in [1.807, 2.05) is 0 Å². The lowest BCUT2D eigenvalue weighted by atomic mass is 9.74. The van der Waals surface area contributed by atoms with Crippen molar-refractivity contribution in [1.29, 1.82) is 0 Å². The molecule has 166 valence electrons. The van der Waals surface area contributed by atoms with Gasteiger partial charge in [-0.15, -0.1) is 0 Å². The summed E-state index contributed by atoms with van der Waals surface area (Å²) in [4.78, 5) is 11.6. The van der Waals surface area contributed by atoms with Gasteiger partial charge in [-0.2, -0.15) is 0 Å². The molecule has 1 rings (SSSR count). The van der Waals surface area contributed by atoms with Gasteiger partial charge < -0.3 is 10.4 Å². The van der Waals surface area contributed by atoms with Gasteiger partial charge in [0.25, 0.3) is 0 Å². The first-order chi connectivity index (χ1) is 14.2. The fourth-order valence-corrected chi connectivity index (χ4v) is 4.07. The SMILES string of the molecule is CCC=CCC=CCC=CCCCCCCCCNCC1(C(=O)O)CCCCC1. The number of carboxylic acid groups (broad SMARTS) is 1. The normalized spacial score (nSPS) is 17.0. The Hall–Kier alpha value is -1.35. The maximum atomic E-state index is 11.6. The molecule has 0 saturated heterocycles. The van der Waals surface area contributed by atoms with Crippen LogP contribution in [-0.2, 0) is 4.79 Å². The number of nitrogens with one attached hydrogen (secondary N) is 1. The molecule has 3 heteroatoms. The van der Waals surface area contributed by atoms with Gasteiger partial charge in [-0.1, -0.05) is 88.3 Å². The molecule has 1 aliphatic carbocycles. The molecule has 0 aromatic carbocycles. The average Bonchev–Trinajstić information content (AvgIpc) is 2.73. The van der Waals surface area contributed by atoms with Crippen LogP contribution in [0.1, 0.15) is 103 Å². The van der Waals surface area contributed by atoms with E-state index in [-0.39, 0.29) is 0 Å². The molecule has 29 heavy (non-hydrogen) atoms. The van der Waals surface area contributed by atoms with Crippen LogP contribution in [0.4, 0.5) is 0 Å². The summed E-state index contributed by atoms with van der Waals surface area (Å²) in [7, 11) is 0. The second kappa shape index (κ2) is 17.5. The van der Waals surface area contributed by atoms with E-state index in [9.17, 15) is 9.90 Å². The van der Waals surface area contributed by atoms with E-state index in [0.29, 0.717) is 6.54 Å². The fourth-order valence-electron chi connectivity index (χ4n) is 4.07. The standard InChI is InChI=1S/C26H45NO2/c1-2-3-4-5-6-7-8-9-10-11-12-13-14-15-16-20-23-27-24-26(25(28)29)21-18-17-19-22-26/h3-4,6-7,9-10,27H,2,5,8,11-24H2,1H3,(H,28,29). The molecule has 1 saturated carbocycles. The van der Waals surface area contributed by atoms with Crippen LogP contribution in [0.25, 0.3) is 0 Å². The lowest BCUT2D eigenvalue weighted by molar-refractivity contribution is -0.150. The molecule has 0 spiro atoms. The smallest absolute Gasteiger partial charge is 0.310 e. The first-order valence-corrected chi connectivity index (χ1v) is 12.1. The van der Waals surface area contributed by atoms with E-state index in [0.717, 1.165) is 57.9 Å². The van der Waals surface area contributed by atoms with Crippen LogP contribution in [0, 0.1) is 5.41 Å². The number of hydrogen-bond acceptors (Lipinski definition) is 2. The van der Waals surface area contributed by atoms with Crippen molar-refractivity contribution in [2.45, 2.75) is 103 Å². The molecule has 0 aliphatic heterocycles. The van der Waals surface area contributed by atoms with Gasteiger partial charge in [0, 0.05) is 6.54 Å². The van der Waals surface area contributed by atoms with E-state index in [2.05, 4.69) is 48.7 Å². The maximum Gasteiger partial charge on any atom is 0.310 e. The Morgan fingerprint density at radius 1 is 0.828 bits per heavy atom. The van der Waals surface area contributed by atoms with Gasteiger partial charge in [0.15, 0.2) is 0 Å². The third kappa shape index (κ3) is 12.7. The molecule has 0 amide bonds. The molecule has 2 N–H and O–H groups in total. The summed E-state index contributed by atoms with van der Waals surface area (Å²) in [6.07, 6.45) is 30.6. The summed E-state index contributed by atoms with van der Waals surface area (Å²) in [6.45, 7) is 3.77. The second-order valence-corrected chi connectivity index (χ2v) is 8.53. The fraction of sp³-hybridized carbons (Fsp3) is 0.731. The van der Waals surface area contributed by atoms with Crippen LogP contribution in [0.5, 0.6) is 0 Å². The number of carbonyl (C=O) groups is 1. The average molecular weight is 404 g/mol. The van der Waals surface area contributed by atoms with Crippen LogP contribution < -0.4 is 5.32 Å². The van der Waals surface area contributed by atoms with E-state index < -0.39 is 11.4 Å². The van der Waals surface area contributed by atoms with Gasteiger partial charge in [0.1, 0.15) is 0 Å². The van der Waals surface area contributed by atoms with E-state index in [4.69, 9.17) is 0 Å². The Morgan fingerprint density at radius 3 is 2.07 bits per heavy atom. The van der Waals surface area contributed by atoms with Gasteiger partial charge in [-0.05, 0) is 57.9 Å². The number of aliphatic carboxylic acids is 1. The Bertz CT molecular complexity index is 487. The van der Waals surface area contributed by atoms with Crippen molar-refractivity contribution >= 4 is 5.97 Å². The minimum Gasteiger partial charge on any atom is -0.481 e. The van der Waals surface area contributed by atoms with Crippen molar-refractivity contribution in [3.63, 3.8) is 0 Å². The van der Waals surface area contributed by atoms with Crippen molar-refractivity contribution in [1.82, 2.24) is 5.32 Å². The minimum absolute atomic E-state index is 0.492. The van der Waals surface area contributed by atoms with Gasteiger partial charge in [-0.25, -0.2) is 0 Å². The Labute approximate surface area is 179 Å². The highest BCUT2D eigenvalue weighted by Gasteiger charge is 2.38. The Kier molecular flexibility index (Phi) is 15.5. The third-order valence-electron chi connectivity index (χ3n) is 5.98. The summed E-state index contributed by atoms with van der Waals surface area (Å²) in [5.41, 5.74) is -0.492. The van der Waals surface area contributed by atoms with Crippen LogP contribution in [0.3, 0.4) is 0 Å². The van der Waals surface area contributed by atoms with Crippen molar-refractivity contribution in [2.75, 3.05) is 13.1 Å². The number of unbranched alkanes of at least 4 members (excludes halogenated alkanes) is 6. The molecule has 1 aliphatic rings. The maximum absolute atomic E-state index is 11.6. The van der Waals surface area contributed by atoms with E-state index in [1.165, 1.54) is 44.9 Å². The largest absolute Gasteiger partial charge is 0.481 e. The monoisotopic (exact) mass is 403 g/mol. The summed E-state index contributed by atoms with van der Waals surface area (Å²) >= 11 is 0. The molecule has 0 atom stereocenters. The van der Waals surface area contributed by atoms with Gasteiger partial charge in [-0.3, -0.25) is 4.79 Å². The number of hydrogen-bond donors (Lipinski definition) is 2. The number of rotatable bonds is 17. The predicted molar refractivity (Wildman–Crippen MR) is 125 cm³/mol. The first kappa shape index (κ1) is 25.7. The summed E-state index contributed by atoms with van der Waals surface area (Å²) in [5.74, 6) is -0.598. The van der Waals surface area contributed by atoms with E-state index in [1.54, 1.807) is 0 Å². The highest BCUT2D eigenvalue weighted by Crippen LogP contribution is 2.35. The molecule has 0 bridgehead atoms. The molecule has 3 nitrogen and oxygen atoms in total. The summed E-state index contributed by atoms with van der Waals surface area (Å²) in [5, 5.41) is 13.0. The van der Waals surface area contributed by atoms with Gasteiger partial charge >= 0.3 is 5.97 Å². The van der Waals surface area contributed by atoms with Crippen molar-refractivity contribution in [3.05, 3.63) is 36.5 Å². The van der Waals surface area contributed by atoms with Gasteiger partial charge in [0.2, 0.25) is 0 Å². The zero-order valence-electron chi connectivity index (χ0n) is 18.8. The minimum atomic E-state index is -0.598. The predicted octanol–water partition coefficient (Wildman–Crippen LogP) is 7.20. The zero-order chi connectivity index (χ0) is 21.0. The van der Waals surface area contributed by atoms with Crippen molar-refractivity contribution in [3.8, 4) is 0 Å². The van der Waals surface area contributed by atoms with Gasteiger partial charge in [0.05, 0.1) is 5.41 Å². The van der Waals surface area contributed by atoms with Crippen molar-refractivity contribution in [2.24, 2.45) is 5.41 Å². The van der Waals surface area contributed by atoms with Crippen LogP contribution in [-0.4, -0.2) is 24.2 Å². The third-order valence-corrected chi connectivity index (χ3v) is 5.98. The topological polar surface area (TPSA) is 49.3 Å². The summed E-state index contributed by atoms with van der Waals surface area (Å²) in [6, 6.07) is 0. The summed E-state index contributed by atoms with van der Waals surface area (Å²) < 4.78 is 0. The van der Waals surface area contributed by atoms with Crippen LogP contribution in [0.15, 0.2) is 36.5 Å².